The quantitative estimate of drug-likeness (QED) is 0.671. The van der Waals surface area contributed by atoms with E-state index in [0.717, 1.165) is 15.4 Å². The van der Waals surface area contributed by atoms with Gasteiger partial charge in [-0.1, -0.05) is 27.5 Å². The molecule has 0 bridgehead atoms. The molecule has 0 amide bonds. The largest absolute Gasteiger partial charge is 0.463 e. The van der Waals surface area contributed by atoms with E-state index >= 15 is 0 Å². The summed E-state index contributed by atoms with van der Waals surface area (Å²) in [4.78, 5) is 0. The Hall–Kier alpha value is -0.470. The van der Waals surface area contributed by atoms with Crippen LogP contribution in [-0.2, 0) is 0 Å². The second-order valence-electron chi connectivity index (χ2n) is 2.23. The molecular formula is C8H4BrClO. The molecule has 0 atom stereocenters. The summed E-state index contributed by atoms with van der Waals surface area (Å²) >= 11 is 9.22. The molecule has 0 saturated carbocycles. The van der Waals surface area contributed by atoms with Crippen molar-refractivity contribution in [1.82, 2.24) is 0 Å². The van der Waals surface area contributed by atoms with Crippen LogP contribution >= 0.6 is 27.5 Å². The minimum absolute atomic E-state index is 0.638. The lowest BCUT2D eigenvalue weighted by molar-refractivity contribution is 0.616. The van der Waals surface area contributed by atoms with Crippen molar-refractivity contribution in [3.8, 4) is 0 Å². The average Bonchev–Trinajstić information content (AvgIpc) is 2.34. The van der Waals surface area contributed by atoms with Crippen LogP contribution in [0.2, 0.25) is 5.02 Å². The van der Waals surface area contributed by atoms with E-state index in [1.807, 2.05) is 18.2 Å². The van der Waals surface area contributed by atoms with Gasteiger partial charge in [0.2, 0.25) is 0 Å². The zero-order valence-corrected chi connectivity index (χ0v) is 7.82. The summed E-state index contributed by atoms with van der Waals surface area (Å²) in [7, 11) is 0. The number of hydrogen-bond donors (Lipinski definition) is 0. The van der Waals surface area contributed by atoms with E-state index in [2.05, 4.69) is 15.9 Å². The normalized spacial score (nSPS) is 10.7. The highest BCUT2D eigenvalue weighted by atomic mass is 79.9. The van der Waals surface area contributed by atoms with Gasteiger partial charge in [0.05, 0.1) is 11.3 Å². The monoisotopic (exact) mass is 230 g/mol. The van der Waals surface area contributed by atoms with E-state index < -0.39 is 0 Å². The SMILES string of the molecule is Clc1cc(Br)cc2ccoc12. The van der Waals surface area contributed by atoms with Crippen LogP contribution in [0.3, 0.4) is 0 Å². The fraction of sp³-hybridized carbons (Fsp3) is 0. The second-order valence-corrected chi connectivity index (χ2v) is 3.55. The summed E-state index contributed by atoms with van der Waals surface area (Å²) in [6.07, 6.45) is 1.63. The van der Waals surface area contributed by atoms with Crippen molar-refractivity contribution >= 4 is 38.5 Å². The lowest BCUT2D eigenvalue weighted by Gasteiger charge is -1.92. The topological polar surface area (TPSA) is 13.1 Å². The standard InChI is InChI=1S/C8H4BrClO/c9-6-3-5-1-2-11-8(5)7(10)4-6/h1-4H. The van der Waals surface area contributed by atoms with E-state index in [1.54, 1.807) is 6.26 Å². The Morgan fingerprint density at radius 3 is 3.00 bits per heavy atom. The van der Waals surface area contributed by atoms with Gasteiger partial charge in [0.1, 0.15) is 0 Å². The van der Waals surface area contributed by atoms with Crippen molar-refractivity contribution in [3.63, 3.8) is 0 Å². The molecule has 0 radical (unpaired) electrons. The van der Waals surface area contributed by atoms with Crippen LogP contribution in [0.15, 0.2) is 33.4 Å². The number of benzene rings is 1. The Bertz CT molecular complexity index is 394. The Labute approximate surface area is 77.1 Å². The van der Waals surface area contributed by atoms with Crippen molar-refractivity contribution in [2.24, 2.45) is 0 Å². The zero-order valence-electron chi connectivity index (χ0n) is 5.47. The predicted molar refractivity (Wildman–Crippen MR) is 48.9 cm³/mol. The summed E-state index contributed by atoms with van der Waals surface area (Å²) in [5, 5.41) is 1.66. The van der Waals surface area contributed by atoms with E-state index in [4.69, 9.17) is 16.0 Å². The molecule has 0 aliphatic heterocycles. The van der Waals surface area contributed by atoms with E-state index in [9.17, 15) is 0 Å². The molecule has 0 fully saturated rings. The highest BCUT2D eigenvalue weighted by Crippen LogP contribution is 2.28. The van der Waals surface area contributed by atoms with Crippen molar-refractivity contribution in [3.05, 3.63) is 34.0 Å². The molecule has 0 N–H and O–H groups in total. The van der Waals surface area contributed by atoms with Gasteiger partial charge in [0.25, 0.3) is 0 Å². The maximum absolute atomic E-state index is 5.88. The Balaban J connectivity index is 2.91. The Morgan fingerprint density at radius 1 is 1.36 bits per heavy atom. The minimum atomic E-state index is 0.638. The minimum Gasteiger partial charge on any atom is -0.463 e. The number of hydrogen-bond acceptors (Lipinski definition) is 1. The van der Waals surface area contributed by atoms with Crippen LogP contribution in [-0.4, -0.2) is 0 Å². The third-order valence-electron chi connectivity index (χ3n) is 1.47. The Morgan fingerprint density at radius 2 is 2.18 bits per heavy atom. The van der Waals surface area contributed by atoms with Gasteiger partial charge in [-0.25, -0.2) is 0 Å². The first-order chi connectivity index (χ1) is 5.27. The van der Waals surface area contributed by atoms with Crippen LogP contribution in [0.4, 0.5) is 0 Å². The van der Waals surface area contributed by atoms with Gasteiger partial charge in [-0.05, 0) is 18.2 Å². The molecule has 0 aliphatic carbocycles. The number of furan rings is 1. The number of fused-ring (bicyclic) bond motifs is 1. The van der Waals surface area contributed by atoms with Crippen molar-refractivity contribution in [2.75, 3.05) is 0 Å². The highest BCUT2D eigenvalue weighted by molar-refractivity contribution is 9.10. The maximum atomic E-state index is 5.88. The van der Waals surface area contributed by atoms with Crippen LogP contribution in [0.5, 0.6) is 0 Å². The number of rotatable bonds is 0. The van der Waals surface area contributed by atoms with Gasteiger partial charge in [-0.15, -0.1) is 0 Å². The summed E-state index contributed by atoms with van der Waals surface area (Å²) in [5.41, 5.74) is 0.745. The fourth-order valence-electron chi connectivity index (χ4n) is 1.00. The van der Waals surface area contributed by atoms with E-state index in [1.165, 1.54) is 0 Å². The van der Waals surface area contributed by atoms with E-state index in [0.29, 0.717) is 5.02 Å². The fourth-order valence-corrected chi connectivity index (χ4v) is 1.88. The molecule has 56 valence electrons. The molecule has 2 aromatic rings. The second kappa shape index (κ2) is 2.54. The summed E-state index contributed by atoms with van der Waals surface area (Å²) in [6, 6.07) is 5.66. The lowest BCUT2D eigenvalue weighted by Crippen LogP contribution is -1.67. The summed E-state index contributed by atoms with van der Waals surface area (Å²) in [6.45, 7) is 0. The summed E-state index contributed by atoms with van der Waals surface area (Å²) < 4.78 is 6.12. The van der Waals surface area contributed by atoms with Gasteiger partial charge in [0, 0.05) is 9.86 Å². The van der Waals surface area contributed by atoms with Gasteiger partial charge in [-0.2, -0.15) is 0 Å². The first-order valence-electron chi connectivity index (χ1n) is 3.09. The first-order valence-corrected chi connectivity index (χ1v) is 4.27. The molecule has 0 saturated heterocycles. The predicted octanol–water partition coefficient (Wildman–Crippen LogP) is 3.85. The van der Waals surface area contributed by atoms with Crippen LogP contribution < -0.4 is 0 Å². The smallest absolute Gasteiger partial charge is 0.152 e. The van der Waals surface area contributed by atoms with Crippen molar-refractivity contribution in [1.29, 1.82) is 0 Å². The molecular weight excluding hydrogens is 227 g/mol. The molecule has 2 rings (SSSR count). The molecule has 1 aromatic heterocycles. The maximum Gasteiger partial charge on any atom is 0.152 e. The highest BCUT2D eigenvalue weighted by Gasteiger charge is 2.02. The van der Waals surface area contributed by atoms with Gasteiger partial charge in [0.15, 0.2) is 5.58 Å². The average molecular weight is 231 g/mol. The molecule has 3 heteroatoms. The van der Waals surface area contributed by atoms with Crippen molar-refractivity contribution in [2.45, 2.75) is 0 Å². The van der Waals surface area contributed by atoms with Crippen LogP contribution in [0.1, 0.15) is 0 Å². The van der Waals surface area contributed by atoms with Gasteiger partial charge in [-0.3, -0.25) is 0 Å². The van der Waals surface area contributed by atoms with Crippen molar-refractivity contribution < 1.29 is 4.42 Å². The molecule has 1 nitrogen and oxygen atoms in total. The Kier molecular flexibility index (Phi) is 1.66. The lowest BCUT2D eigenvalue weighted by atomic mass is 10.3. The first kappa shape index (κ1) is 7.19. The molecule has 11 heavy (non-hydrogen) atoms. The third kappa shape index (κ3) is 1.17. The van der Waals surface area contributed by atoms with Crippen LogP contribution in [0.25, 0.3) is 11.0 Å². The third-order valence-corrected chi connectivity index (χ3v) is 2.21. The number of halogens is 2. The molecule has 0 aliphatic rings. The molecule has 0 spiro atoms. The zero-order chi connectivity index (χ0) is 7.84. The molecule has 1 aromatic carbocycles. The molecule has 0 unspecified atom stereocenters. The van der Waals surface area contributed by atoms with Crippen LogP contribution in [0, 0.1) is 0 Å². The summed E-state index contributed by atoms with van der Waals surface area (Å²) in [5.74, 6) is 0. The molecule has 1 heterocycles. The van der Waals surface area contributed by atoms with E-state index in [-0.39, 0.29) is 0 Å². The van der Waals surface area contributed by atoms with Gasteiger partial charge >= 0.3 is 0 Å². The van der Waals surface area contributed by atoms with Gasteiger partial charge < -0.3 is 4.42 Å².